The molecule has 5 nitrogen and oxygen atoms in total. The van der Waals surface area contributed by atoms with Crippen LogP contribution in [0.1, 0.15) is 28.5 Å². The van der Waals surface area contributed by atoms with Gasteiger partial charge in [0.05, 0.1) is 11.8 Å². The van der Waals surface area contributed by atoms with E-state index in [1.54, 1.807) is 42.5 Å². The maximum Gasteiger partial charge on any atom is 0.300 e. The maximum absolute atomic E-state index is 13.0. The lowest BCUT2D eigenvalue weighted by atomic mass is 9.98. The molecule has 0 bridgehead atoms. The third-order valence-electron chi connectivity index (χ3n) is 5.00. The first-order valence-corrected chi connectivity index (χ1v) is 9.85. The Hall–Kier alpha value is -3.12. The van der Waals surface area contributed by atoms with Crippen molar-refractivity contribution in [3.8, 4) is 0 Å². The zero-order valence-corrected chi connectivity index (χ0v) is 17.4. The quantitative estimate of drug-likeness (QED) is 0.333. The van der Waals surface area contributed by atoms with E-state index in [2.05, 4.69) is 15.9 Å². The van der Waals surface area contributed by atoms with Gasteiger partial charge >= 0.3 is 0 Å². The number of ketones is 1. The molecule has 29 heavy (non-hydrogen) atoms. The normalized spacial score (nSPS) is 18.4. The number of aliphatic hydroxyl groups is 1. The molecule has 6 heteroatoms. The molecule has 2 aromatic carbocycles. The fraction of sp³-hybridized carbons (Fsp3) is 0.130. The van der Waals surface area contributed by atoms with Gasteiger partial charge in [-0.15, -0.1) is 0 Å². The number of rotatable bonds is 3. The van der Waals surface area contributed by atoms with E-state index < -0.39 is 17.7 Å². The van der Waals surface area contributed by atoms with Crippen LogP contribution in [0.3, 0.4) is 0 Å². The van der Waals surface area contributed by atoms with Crippen LogP contribution in [0.2, 0.25) is 0 Å². The lowest BCUT2D eigenvalue weighted by Gasteiger charge is -2.23. The molecule has 1 aliphatic heterocycles. The number of Topliss-reactive ketones (excluding diaryl/α,β-unsaturated/α-hetero) is 1. The van der Waals surface area contributed by atoms with Crippen molar-refractivity contribution >= 4 is 39.1 Å². The molecule has 0 saturated carbocycles. The zero-order chi connectivity index (χ0) is 20.7. The van der Waals surface area contributed by atoms with Gasteiger partial charge < -0.3 is 9.52 Å². The molecule has 3 aromatic rings. The molecule has 1 unspecified atom stereocenters. The largest absolute Gasteiger partial charge is 0.507 e. The summed E-state index contributed by atoms with van der Waals surface area (Å²) in [4.78, 5) is 27.3. The van der Waals surface area contributed by atoms with Gasteiger partial charge in [-0.3, -0.25) is 14.5 Å². The molecule has 1 atom stereocenters. The summed E-state index contributed by atoms with van der Waals surface area (Å²) < 4.78 is 6.44. The van der Waals surface area contributed by atoms with Crippen LogP contribution in [0.25, 0.3) is 5.76 Å². The minimum atomic E-state index is -0.850. The Morgan fingerprint density at radius 1 is 1.07 bits per heavy atom. The number of hydrogen-bond acceptors (Lipinski definition) is 4. The van der Waals surface area contributed by atoms with Crippen molar-refractivity contribution in [2.45, 2.75) is 19.9 Å². The molecular formula is C23H18BrNO4. The number of carbonyl (C=O) groups excluding carboxylic acids is 2. The summed E-state index contributed by atoms with van der Waals surface area (Å²) in [6.45, 7) is 3.83. The van der Waals surface area contributed by atoms with Crippen LogP contribution >= 0.6 is 15.9 Å². The third kappa shape index (κ3) is 3.29. The van der Waals surface area contributed by atoms with Gasteiger partial charge in [0, 0.05) is 15.7 Å². The first kappa shape index (κ1) is 19.2. The Labute approximate surface area is 176 Å². The minimum Gasteiger partial charge on any atom is -0.507 e. The molecule has 1 N–H and O–H groups in total. The smallest absolute Gasteiger partial charge is 0.300 e. The second-order valence-electron chi connectivity index (χ2n) is 6.98. The van der Waals surface area contributed by atoms with Crippen LogP contribution in [0, 0.1) is 13.8 Å². The first-order chi connectivity index (χ1) is 13.9. The van der Waals surface area contributed by atoms with Crippen LogP contribution in [-0.2, 0) is 9.59 Å². The number of amides is 1. The topological polar surface area (TPSA) is 70.8 Å². The lowest BCUT2D eigenvalue weighted by molar-refractivity contribution is -0.132. The number of nitrogens with zero attached hydrogens (tertiary/aromatic N) is 1. The van der Waals surface area contributed by atoms with E-state index in [4.69, 9.17) is 4.42 Å². The SMILES string of the molecule is Cc1ccc(N2C(=O)C(=O)/C(=C(\O)c3ccc(Br)c(C)c3)C2c2ccco2)cc1. The fourth-order valence-electron chi connectivity index (χ4n) is 3.47. The van der Waals surface area contributed by atoms with Crippen LogP contribution in [0.15, 0.2) is 75.3 Å². The van der Waals surface area contributed by atoms with Gasteiger partial charge in [-0.1, -0.05) is 39.7 Å². The number of benzene rings is 2. The Morgan fingerprint density at radius 2 is 1.79 bits per heavy atom. The Balaban J connectivity index is 1.92. The second kappa shape index (κ2) is 7.37. The molecule has 4 rings (SSSR count). The molecule has 1 saturated heterocycles. The highest BCUT2D eigenvalue weighted by molar-refractivity contribution is 9.10. The minimum absolute atomic E-state index is 0.00671. The van der Waals surface area contributed by atoms with Crippen LogP contribution in [0.5, 0.6) is 0 Å². The van der Waals surface area contributed by atoms with Crippen molar-refractivity contribution in [1.29, 1.82) is 0 Å². The van der Waals surface area contributed by atoms with Crippen molar-refractivity contribution in [2.24, 2.45) is 0 Å². The number of aliphatic hydroxyl groups excluding tert-OH is 1. The monoisotopic (exact) mass is 451 g/mol. The Bertz CT molecular complexity index is 1130. The van der Waals surface area contributed by atoms with E-state index in [9.17, 15) is 14.7 Å². The maximum atomic E-state index is 13.0. The molecule has 146 valence electrons. The predicted molar refractivity (Wildman–Crippen MR) is 114 cm³/mol. The van der Waals surface area contributed by atoms with Gasteiger partial charge in [0.1, 0.15) is 17.6 Å². The first-order valence-electron chi connectivity index (χ1n) is 9.06. The predicted octanol–water partition coefficient (Wildman–Crippen LogP) is 5.29. The number of hydrogen-bond donors (Lipinski definition) is 1. The van der Waals surface area contributed by atoms with Crippen molar-refractivity contribution < 1.29 is 19.1 Å². The van der Waals surface area contributed by atoms with Gasteiger partial charge in [0.15, 0.2) is 0 Å². The Kier molecular flexibility index (Phi) is 4.88. The summed E-state index contributed by atoms with van der Waals surface area (Å²) in [6, 6.07) is 15.1. The molecule has 0 radical (unpaired) electrons. The van der Waals surface area contributed by atoms with Gasteiger partial charge in [-0.25, -0.2) is 0 Å². The van der Waals surface area contributed by atoms with E-state index in [1.165, 1.54) is 11.2 Å². The molecule has 1 fully saturated rings. The highest BCUT2D eigenvalue weighted by Crippen LogP contribution is 2.42. The summed E-state index contributed by atoms with van der Waals surface area (Å²) in [7, 11) is 0. The van der Waals surface area contributed by atoms with E-state index in [0.717, 1.165) is 15.6 Å². The lowest BCUT2D eigenvalue weighted by Crippen LogP contribution is -2.29. The van der Waals surface area contributed by atoms with Crippen LogP contribution in [0.4, 0.5) is 5.69 Å². The molecule has 1 aliphatic rings. The molecule has 1 amide bonds. The van der Waals surface area contributed by atoms with Crippen molar-refractivity contribution in [3.63, 3.8) is 0 Å². The van der Waals surface area contributed by atoms with E-state index >= 15 is 0 Å². The van der Waals surface area contributed by atoms with Crippen molar-refractivity contribution in [3.05, 3.63) is 93.4 Å². The molecule has 0 aliphatic carbocycles. The van der Waals surface area contributed by atoms with Crippen LogP contribution in [-0.4, -0.2) is 16.8 Å². The van der Waals surface area contributed by atoms with Gasteiger partial charge in [0.2, 0.25) is 0 Å². The van der Waals surface area contributed by atoms with Crippen molar-refractivity contribution in [1.82, 2.24) is 0 Å². The Morgan fingerprint density at radius 3 is 2.41 bits per heavy atom. The van der Waals surface area contributed by atoms with Gasteiger partial charge in [-0.05, 0) is 55.8 Å². The molecule has 0 spiro atoms. The van der Waals surface area contributed by atoms with E-state index in [0.29, 0.717) is 17.0 Å². The summed E-state index contributed by atoms with van der Waals surface area (Å²) in [5, 5.41) is 11.0. The highest BCUT2D eigenvalue weighted by atomic mass is 79.9. The number of furan rings is 1. The average molecular weight is 452 g/mol. The number of halogens is 1. The standard InChI is InChI=1S/C23H18BrNO4/c1-13-5-8-16(9-6-13)25-20(18-4-3-11-29-18)19(22(27)23(25)28)21(26)15-7-10-17(24)14(2)12-15/h3-12,20,26H,1-2H3/b21-19-. The molecule has 2 heterocycles. The molecular weight excluding hydrogens is 434 g/mol. The van der Waals surface area contributed by atoms with E-state index in [1.807, 2.05) is 26.0 Å². The summed E-state index contributed by atoms with van der Waals surface area (Å²) in [5.74, 6) is -1.27. The fourth-order valence-corrected chi connectivity index (χ4v) is 3.71. The third-order valence-corrected chi connectivity index (χ3v) is 5.89. The number of anilines is 1. The number of carbonyl (C=O) groups is 2. The van der Waals surface area contributed by atoms with Gasteiger partial charge in [0.25, 0.3) is 11.7 Å². The average Bonchev–Trinajstić information content (AvgIpc) is 3.32. The van der Waals surface area contributed by atoms with Crippen molar-refractivity contribution in [2.75, 3.05) is 4.90 Å². The molecule has 1 aromatic heterocycles. The van der Waals surface area contributed by atoms with Gasteiger partial charge in [-0.2, -0.15) is 0 Å². The van der Waals surface area contributed by atoms with E-state index in [-0.39, 0.29) is 11.3 Å². The summed E-state index contributed by atoms with van der Waals surface area (Å²) in [6.07, 6.45) is 1.48. The summed E-state index contributed by atoms with van der Waals surface area (Å²) in [5.41, 5.74) is 2.96. The highest BCUT2D eigenvalue weighted by Gasteiger charge is 2.48. The number of aryl methyl sites for hydroxylation is 2. The summed E-state index contributed by atoms with van der Waals surface area (Å²) >= 11 is 3.43. The van der Waals surface area contributed by atoms with Crippen LogP contribution < -0.4 is 4.90 Å². The second-order valence-corrected chi connectivity index (χ2v) is 7.84. The zero-order valence-electron chi connectivity index (χ0n) is 15.8.